The minimum atomic E-state index is -0.771. The number of benzene rings is 3. The lowest BCUT2D eigenvalue weighted by Crippen LogP contribution is -2.23. The number of aliphatic hydroxyl groups excluding tert-OH is 1. The summed E-state index contributed by atoms with van der Waals surface area (Å²) >= 11 is 0.995. The van der Waals surface area contributed by atoms with Crippen molar-refractivity contribution < 1.29 is 14.9 Å². The van der Waals surface area contributed by atoms with Gasteiger partial charge in [-0.05, 0) is 61.6 Å². The Labute approximate surface area is 202 Å². The van der Waals surface area contributed by atoms with Crippen molar-refractivity contribution in [3.05, 3.63) is 93.1 Å². The minimum absolute atomic E-state index is 0.0110. The van der Waals surface area contributed by atoms with Crippen LogP contribution in [0.25, 0.3) is 10.2 Å². The second-order valence-corrected chi connectivity index (χ2v) is 9.28. The summed E-state index contributed by atoms with van der Waals surface area (Å²) < 4.78 is 6.45. The maximum atomic E-state index is 11.6. The molecule has 0 aliphatic rings. The van der Waals surface area contributed by atoms with Crippen molar-refractivity contribution in [3.63, 3.8) is 0 Å². The lowest BCUT2D eigenvalue weighted by molar-refractivity contribution is 0.176. The van der Waals surface area contributed by atoms with Gasteiger partial charge in [0.05, 0.1) is 17.4 Å². The van der Waals surface area contributed by atoms with Crippen molar-refractivity contribution in [1.29, 1.82) is 0 Å². The summed E-state index contributed by atoms with van der Waals surface area (Å²) in [5.74, 6) is 0.894. The highest BCUT2D eigenvalue weighted by Gasteiger charge is 2.15. The summed E-state index contributed by atoms with van der Waals surface area (Å²) in [5.41, 5.74) is 3.57. The van der Waals surface area contributed by atoms with Crippen LogP contribution in [0.1, 0.15) is 35.6 Å². The molecule has 1 unspecified atom stereocenters. The lowest BCUT2D eigenvalue weighted by Gasteiger charge is -2.13. The van der Waals surface area contributed by atoms with Crippen LogP contribution >= 0.6 is 11.3 Å². The number of hydrogen-bond donors (Lipinski definition) is 4. The number of nitrogens with one attached hydrogen (secondary N) is 2. The van der Waals surface area contributed by atoms with E-state index in [1.165, 1.54) is 17.2 Å². The minimum Gasteiger partial charge on any atom is -0.506 e. The molecule has 4 N–H and O–H groups in total. The Balaban J connectivity index is 1.16. The third kappa shape index (κ3) is 6.47. The largest absolute Gasteiger partial charge is 0.506 e. The third-order valence-electron chi connectivity index (χ3n) is 5.77. The van der Waals surface area contributed by atoms with Gasteiger partial charge in [-0.1, -0.05) is 59.9 Å². The van der Waals surface area contributed by atoms with Gasteiger partial charge in [0.1, 0.15) is 17.0 Å². The molecule has 0 bridgehead atoms. The van der Waals surface area contributed by atoms with Gasteiger partial charge in [-0.25, -0.2) is 0 Å². The standard InChI is InChI=1S/C27H30N2O4S/c30-23-14-13-22(26-25(23)29-27(32)34-26)24(31)18-28-16-15-20-9-11-21(12-10-20)33-17-5-4-8-19-6-2-1-3-7-19/h1-3,6-7,9-14,24,28,30-31H,4-5,8,15-18H2,(H,29,32). The number of phenolic OH excluding ortho intramolecular Hbond substituents is 1. The number of aromatic amines is 1. The molecule has 3 aromatic carbocycles. The zero-order valence-corrected chi connectivity index (χ0v) is 19.8. The number of unbranched alkanes of at least 4 members (excludes halogenated alkanes) is 1. The predicted molar refractivity (Wildman–Crippen MR) is 137 cm³/mol. The maximum absolute atomic E-state index is 11.6. The fraction of sp³-hybridized carbons (Fsp3) is 0.296. The van der Waals surface area contributed by atoms with Crippen LogP contribution in [0.4, 0.5) is 0 Å². The molecule has 6 nitrogen and oxygen atoms in total. The smallest absolute Gasteiger partial charge is 0.305 e. The molecule has 34 heavy (non-hydrogen) atoms. The molecule has 0 saturated heterocycles. The van der Waals surface area contributed by atoms with E-state index in [-0.39, 0.29) is 10.6 Å². The number of aryl methyl sites for hydroxylation is 1. The first-order valence-electron chi connectivity index (χ1n) is 11.6. The summed E-state index contributed by atoms with van der Waals surface area (Å²) in [6.45, 7) is 1.78. The second-order valence-electron chi connectivity index (χ2n) is 8.30. The molecule has 0 aliphatic carbocycles. The lowest BCUT2D eigenvalue weighted by atomic mass is 10.1. The van der Waals surface area contributed by atoms with Crippen LogP contribution in [0.2, 0.25) is 0 Å². The SMILES string of the molecule is O=c1[nH]c2c(O)ccc(C(O)CNCCc3ccc(OCCCCc4ccccc4)cc3)c2s1. The zero-order valence-electron chi connectivity index (χ0n) is 19.0. The molecule has 0 spiro atoms. The van der Waals surface area contributed by atoms with Crippen molar-refractivity contribution in [2.45, 2.75) is 31.8 Å². The Bertz CT molecular complexity index is 1240. The molecule has 0 saturated carbocycles. The Kier molecular flexibility index (Phi) is 8.36. The van der Waals surface area contributed by atoms with Gasteiger partial charge in [0.15, 0.2) is 0 Å². The van der Waals surface area contributed by atoms with Gasteiger partial charge in [-0.2, -0.15) is 0 Å². The molecule has 1 heterocycles. The Hall–Kier alpha value is -3.13. The number of aromatic nitrogens is 1. The molecule has 0 amide bonds. The number of ether oxygens (including phenoxy) is 1. The summed E-state index contributed by atoms with van der Waals surface area (Å²) in [7, 11) is 0. The van der Waals surface area contributed by atoms with Gasteiger partial charge in [0.2, 0.25) is 0 Å². The fourth-order valence-corrected chi connectivity index (χ4v) is 4.82. The number of thiazole rings is 1. The molecule has 0 radical (unpaired) electrons. The average molecular weight is 479 g/mol. The molecule has 1 atom stereocenters. The van der Waals surface area contributed by atoms with Gasteiger partial charge in [0.25, 0.3) is 0 Å². The first-order chi connectivity index (χ1) is 16.6. The van der Waals surface area contributed by atoms with Crippen molar-refractivity contribution in [3.8, 4) is 11.5 Å². The van der Waals surface area contributed by atoms with E-state index in [4.69, 9.17) is 4.74 Å². The topological polar surface area (TPSA) is 94.6 Å². The van der Waals surface area contributed by atoms with Crippen LogP contribution in [-0.2, 0) is 12.8 Å². The Morgan fingerprint density at radius 3 is 2.50 bits per heavy atom. The number of phenols is 1. The quantitative estimate of drug-likeness (QED) is 0.224. The summed E-state index contributed by atoms with van der Waals surface area (Å²) in [6.07, 6.45) is 3.27. The van der Waals surface area contributed by atoms with E-state index in [9.17, 15) is 15.0 Å². The summed E-state index contributed by atoms with van der Waals surface area (Å²) in [6, 6.07) is 21.8. The number of aromatic hydroxyl groups is 1. The number of aliphatic hydroxyl groups is 1. The average Bonchev–Trinajstić information content (AvgIpc) is 3.25. The van der Waals surface area contributed by atoms with E-state index >= 15 is 0 Å². The molecule has 4 rings (SSSR count). The second kappa shape index (κ2) is 11.8. The normalized spacial score (nSPS) is 12.1. The van der Waals surface area contributed by atoms with Gasteiger partial charge < -0.3 is 25.3 Å². The molecule has 178 valence electrons. The van der Waals surface area contributed by atoms with Crippen LogP contribution in [0, 0.1) is 0 Å². The first-order valence-corrected chi connectivity index (χ1v) is 12.4. The molecular formula is C27H30N2O4S. The van der Waals surface area contributed by atoms with Crippen molar-refractivity contribution in [1.82, 2.24) is 10.3 Å². The number of fused-ring (bicyclic) bond motifs is 1. The Morgan fingerprint density at radius 1 is 0.941 bits per heavy atom. The number of hydrogen-bond acceptors (Lipinski definition) is 6. The van der Waals surface area contributed by atoms with Crippen LogP contribution in [-0.4, -0.2) is 34.9 Å². The number of rotatable bonds is 12. The number of H-pyrrole nitrogens is 1. The highest BCUT2D eigenvalue weighted by atomic mass is 32.1. The van der Waals surface area contributed by atoms with Crippen LogP contribution < -0.4 is 14.9 Å². The van der Waals surface area contributed by atoms with E-state index in [1.54, 1.807) is 6.07 Å². The van der Waals surface area contributed by atoms with E-state index in [0.29, 0.717) is 35.5 Å². The van der Waals surface area contributed by atoms with Crippen LogP contribution in [0.15, 0.2) is 71.5 Å². The molecule has 7 heteroatoms. The van der Waals surface area contributed by atoms with Crippen molar-refractivity contribution in [2.24, 2.45) is 0 Å². The third-order valence-corrected chi connectivity index (χ3v) is 6.70. The molecule has 4 aromatic rings. The molecule has 0 fully saturated rings. The highest BCUT2D eigenvalue weighted by Crippen LogP contribution is 2.31. The van der Waals surface area contributed by atoms with Crippen molar-refractivity contribution >= 4 is 21.6 Å². The van der Waals surface area contributed by atoms with E-state index in [0.717, 1.165) is 42.8 Å². The van der Waals surface area contributed by atoms with E-state index in [1.807, 2.05) is 18.2 Å². The highest BCUT2D eigenvalue weighted by molar-refractivity contribution is 7.16. The van der Waals surface area contributed by atoms with Crippen molar-refractivity contribution in [2.75, 3.05) is 19.7 Å². The first kappa shape index (κ1) is 24.0. The van der Waals surface area contributed by atoms with Gasteiger partial charge in [0, 0.05) is 12.1 Å². The predicted octanol–water partition coefficient (Wildman–Crippen LogP) is 4.56. The zero-order chi connectivity index (χ0) is 23.8. The summed E-state index contributed by atoms with van der Waals surface area (Å²) in [5, 5.41) is 23.7. The molecular weight excluding hydrogens is 448 g/mol. The van der Waals surface area contributed by atoms with Crippen LogP contribution in [0.5, 0.6) is 11.5 Å². The Morgan fingerprint density at radius 2 is 1.71 bits per heavy atom. The summed E-state index contributed by atoms with van der Waals surface area (Å²) in [4.78, 5) is 14.0. The molecule has 1 aromatic heterocycles. The van der Waals surface area contributed by atoms with E-state index < -0.39 is 6.10 Å². The van der Waals surface area contributed by atoms with Gasteiger partial charge in [-0.15, -0.1) is 0 Å². The van der Waals surface area contributed by atoms with Gasteiger partial charge in [-0.3, -0.25) is 4.79 Å². The maximum Gasteiger partial charge on any atom is 0.305 e. The monoisotopic (exact) mass is 478 g/mol. The van der Waals surface area contributed by atoms with Crippen LogP contribution in [0.3, 0.4) is 0 Å². The van der Waals surface area contributed by atoms with E-state index in [2.05, 4.69) is 46.7 Å². The fourth-order valence-electron chi connectivity index (χ4n) is 3.90. The molecule has 0 aliphatic heterocycles. The van der Waals surface area contributed by atoms with Gasteiger partial charge >= 0.3 is 4.87 Å².